The summed E-state index contributed by atoms with van der Waals surface area (Å²) in [7, 11) is 1.74. The van der Waals surface area contributed by atoms with Crippen molar-refractivity contribution in [3.63, 3.8) is 0 Å². The van der Waals surface area contributed by atoms with Crippen LogP contribution in [0.4, 0.5) is 27.4 Å². The minimum absolute atomic E-state index is 0.171. The van der Waals surface area contributed by atoms with Crippen LogP contribution in [-0.2, 0) is 6.54 Å². The number of carbonyl (C=O) groups excluding carboxylic acids is 1. The molecule has 6 rings (SSSR count). The first-order chi connectivity index (χ1) is 16.3. The van der Waals surface area contributed by atoms with Gasteiger partial charge in [-0.05, 0) is 55.8 Å². The second-order valence-corrected chi connectivity index (χ2v) is 9.66. The fourth-order valence-corrected chi connectivity index (χ4v) is 4.55. The highest BCUT2D eigenvalue weighted by atomic mass is 19.1. The molecular formula is C25H26FN7O. The number of hydrogen-bond acceptors (Lipinski definition) is 6. The Balaban J connectivity index is 1.43. The molecule has 4 heterocycles. The summed E-state index contributed by atoms with van der Waals surface area (Å²) in [6, 6.07) is 14.5. The Morgan fingerprint density at radius 3 is 2.44 bits per heavy atom. The maximum atomic E-state index is 13.5. The van der Waals surface area contributed by atoms with E-state index in [9.17, 15) is 9.18 Å². The van der Waals surface area contributed by atoms with E-state index in [0.717, 1.165) is 18.7 Å². The third-order valence-electron chi connectivity index (χ3n) is 6.39. The lowest BCUT2D eigenvalue weighted by atomic mass is 10.1. The zero-order valence-corrected chi connectivity index (χ0v) is 19.4. The lowest BCUT2D eigenvalue weighted by Gasteiger charge is -2.30. The molecule has 0 spiro atoms. The first-order valence-corrected chi connectivity index (χ1v) is 11.4. The van der Waals surface area contributed by atoms with Crippen molar-refractivity contribution in [2.24, 2.45) is 4.99 Å². The number of nitrogens with one attached hydrogen (secondary N) is 1. The van der Waals surface area contributed by atoms with Crippen LogP contribution in [0.2, 0.25) is 0 Å². The molecule has 1 N–H and O–H groups in total. The van der Waals surface area contributed by atoms with Gasteiger partial charge in [-0.25, -0.2) is 14.1 Å². The highest BCUT2D eigenvalue weighted by molar-refractivity contribution is 6.20. The molecule has 8 nitrogen and oxygen atoms in total. The average Bonchev–Trinajstić information content (AvgIpc) is 3.52. The first-order valence-electron chi connectivity index (χ1n) is 11.4. The normalized spacial score (nSPS) is 18.1. The Morgan fingerprint density at radius 2 is 1.76 bits per heavy atom. The molecule has 1 saturated heterocycles. The monoisotopic (exact) mass is 459 g/mol. The van der Waals surface area contributed by atoms with Crippen molar-refractivity contribution >= 4 is 34.9 Å². The summed E-state index contributed by atoms with van der Waals surface area (Å²) in [5, 5.41) is 8.22. The molecule has 3 aliphatic rings. The van der Waals surface area contributed by atoms with Gasteiger partial charge in [-0.15, -0.1) is 0 Å². The number of benzene rings is 2. The van der Waals surface area contributed by atoms with Crippen LogP contribution < -0.4 is 15.1 Å². The van der Waals surface area contributed by atoms with E-state index in [1.807, 2.05) is 23.4 Å². The van der Waals surface area contributed by atoms with E-state index >= 15 is 0 Å². The molecule has 34 heavy (non-hydrogen) atoms. The number of halogens is 1. The number of anilines is 4. The summed E-state index contributed by atoms with van der Waals surface area (Å²) in [6.45, 7) is 7.40. The Kier molecular flexibility index (Phi) is 4.45. The van der Waals surface area contributed by atoms with Gasteiger partial charge in [-0.1, -0.05) is 12.1 Å². The van der Waals surface area contributed by atoms with E-state index < -0.39 is 0 Å². The van der Waals surface area contributed by atoms with E-state index in [-0.39, 0.29) is 17.3 Å². The van der Waals surface area contributed by atoms with Crippen LogP contribution in [0, 0.1) is 5.82 Å². The van der Waals surface area contributed by atoms with Gasteiger partial charge in [0.25, 0.3) is 5.91 Å². The molecule has 1 amide bonds. The molecule has 2 aromatic carbocycles. The Morgan fingerprint density at radius 1 is 1.06 bits per heavy atom. The van der Waals surface area contributed by atoms with Crippen LogP contribution in [0.15, 0.2) is 53.5 Å². The van der Waals surface area contributed by atoms with E-state index in [0.29, 0.717) is 41.9 Å². The average molecular weight is 460 g/mol. The number of carbonyl (C=O) groups is 1. The van der Waals surface area contributed by atoms with Crippen LogP contribution in [0.3, 0.4) is 0 Å². The molecule has 3 aromatic rings. The van der Waals surface area contributed by atoms with Gasteiger partial charge in [0, 0.05) is 31.5 Å². The van der Waals surface area contributed by atoms with Crippen molar-refractivity contribution in [1.29, 1.82) is 0 Å². The molecule has 1 aromatic heterocycles. The van der Waals surface area contributed by atoms with E-state index in [2.05, 4.69) is 34.5 Å². The van der Waals surface area contributed by atoms with E-state index in [1.165, 1.54) is 17.8 Å². The lowest BCUT2D eigenvalue weighted by Crippen LogP contribution is -2.48. The van der Waals surface area contributed by atoms with Gasteiger partial charge in [-0.2, -0.15) is 5.10 Å². The van der Waals surface area contributed by atoms with Crippen molar-refractivity contribution in [2.45, 2.75) is 25.9 Å². The molecule has 0 saturated carbocycles. The van der Waals surface area contributed by atoms with Crippen molar-refractivity contribution in [3.8, 4) is 0 Å². The number of nitrogens with zero attached hydrogens (tertiary/aromatic N) is 6. The third-order valence-corrected chi connectivity index (χ3v) is 6.39. The van der Waals surface area contributed by atoms with Crippen LogP contribution in [0.1, 0.15) is 29.8 Å². The van der Waals surface area contributed by atoms with Crippen molar-refractivity contribution < 1.29 is 9.18 Å². The molecule has 0 atom stereocenters. The molecule has 174 valence electrons. The quantitative estimate of drug-likeness (QED) is 0.590. The highest BCUT2D eigenvalue weighted by Gasteiger charge is 2.45. The number of guanidine groups is 1. The maximum absolute atomic E-state index is 13.5. The number of rotatable bonds is 5. The maximum Gasteiger partial charge on any atom is 0.267 e. The van der Waals surface area contributed by atoms with Gasteiger partial charge in [0.1, 0.15) is 17.2 Å². The minimum Gasteiger partial charge on any atom is -0.368 e. The summed E-state index contributed by atoms with van der Waals surface area (Å²) in [4.78, 5) is 24.1. The predicted octanol–water partition coefficient (Wildman–Crippen LogP) is 3.67. The minimum atomic E-state index is -0.326. The van der Waals surface area contributed by atoms with Crippen LogP contribution in [0.25, 0.3) is 0 Å². The van der Waals surface area contributed by atoms with E-state index in [4.69, 9.17) is 10.1 Å². The Bertz CT molecular complexity index is 1310. The smallest absolute Gasteiger partial charge is 0.267 e. The zero-order chi connectivity index (χ0) is 23.6. The topological polar surface area (TPSA) is 68.8 Å². The second-order valence-electron chi connectivity index (χ2n) is 9.66. The van der Waals surface area contributed by atoms with Gasteiger partial charge >= 0.3 is 0 Å². The molecule has 0 bridgehead atoms. The Hall–Kier alpha value is -3.88. The summed E-state index contributed by atoms with van der Waals surface area (Å²) in [5.41, 5.74) is 3.13. The fourth-order valence-electron chi connectivity index (χ4n) is 4.55. The van der Waals surface area contributed by atoms with Gasteiger partial charge in [0.05, 0.1) is 18.6 Å². The van der Waals surface area contributed by atoms with E-state index in [1.54, 1.807) is 24.1 Å². The Labute approximate surface area is 197 Å². The third kappa shape index (κ3) is 3.48. The standard InChI is InChI=1S/C25H26FN7O/c1-25(2)15-32-22-20(23(34)30(3)24(32)28-25)21(27-18-8-6-17(26)7-9-18)33(29-22)14-16-4-10-19(11-5-16)31-12-13-31/h4-11,27H,12-15H2,1-3H3. The fraction of sp³-hybridized carbons (Fsp3) is 0.320. The van der Waals surface area contributed by atoms with Gasteiger partial charge in [0.2, 0.25) is 5.96 Å². The second kappa shape index (κ2) is 7.31. The molecule has 0 radical (unpaired) electrons. The number of hydrogen-bond donors (Lipinski definition) is 1. The number of amides is 1. The van der Waals surface area contributed by atoms with Crippen LogP contribution in [-0.4, -0.2) is 58.8 Å². The molecule has 1 fully saturated rings. The van der Waals surface area contributed by atoms with Crippen molar-refractivity contribution in [2.75, 3.05) is 41.8 Å². The summed E-state index contributed by atoms with van der Waals surface area (Å²) in [5.74, 6) is 1.30. The van der Waals surface area contributed by atoms with Crippen molar-refractivity contribution in [3.05, 3.63) is 65.5 Å². The molecule has 3 aliphatic heterocycles. The molecular weight excluding hydrogens is 433 g/mol. The van der Waals surface area contributed by atoms with Crippen LogP contribution >= 0.6 is 0 Å². The SMILES string of the molecule is CN1C(=O)c2c(nn(Cc3ccc(N4CC4)cc3)c2Nc2ccc(F)cc2)N2CC(C)(C)N=C12. The zero-order valence-electron chi connectivity index (χ0n) is 19.4. The summed E-state index contributed by atoms with van der Waals surface area (Å²) in [6.07, 6.45) is 0. The van der Waals surface area contributed by atoms with Gasteiger partial charge < -0.3 is 10.2 Å². The van der Waals surface area contributed by atoms with Crippen LogP contribution in [0.5, 0.6) is 0 Å². The summed E-state index contributed by atoms with van der Waals surface area (Å²) >= 11 is 0. The number of aromatic nitrogens is 2. The van der Waals surface area contributed by atoms with Gasteiger partial charge in [-0.3, -0.25) is 14.6 Å². The molecule has 9 heteroatoms. The number of aliphatic imine (C=N–C) groups is 1. The van der Waals surface area contributed by atoms with Gasteiger partial charge in [0.15, 0.2) is 5.82 Å². The lowest BCUT2D eigenvalue weighted by molar-refractivity contribution is 0.0866. The first kappa shape index (κ1) is 20.7. The number of fused-ring (bicyclic) bond motifs is 3. The predicted molar refractivity (Wildman–Crippen MR) is 131 cm³/mol. The molecule has 0 aliphatic carbocycles. The largest absolute Gasteiger partial charge is 0.368 e. The summed E-state index contributed by atoms with van der Waals surface area (Å²) < 4.78 is 15.3. The van der Waals surface area contributed by atoms with Crippen molar-refractivity contribution in [1.82, 2.24) is 14.7 Å². The highest BCUT2D eigenvalue weighted by Crippen LogP contribution is 2.39. The molecule has 0 unspecified atom stereocenters.